The molecule has 13 heavy (non-hydrogen) atoms. The van der Waals surface area contributed by atoms with Crippen LogP contribution in [0.1, 0.15) is 0 Å². The van der Waals surface area contributed by atoms with E-state index in [1.807, 2.05) is 24.3 Å². The van der Waals surface area contributed by atoms with E-state index in [0.717, 1.165) is 5.71 Å². The van der Waals surface area contributed by atoms with Crippen molar-refractivity contribution in [3.63, 3.8) is 0 Å². The highest BCUT2D eigenvalue weighted by atomic mass is 16.3. The molecule has 2 aliphatic rings. The summed E-state index contributed by atoms with van der Waals surface area (Å²) in [5.41, 5.74) is 0.765. The molecule has 4 nitrogen and oxygen atoms in total. The number of hydrogen-bond donors (Lipinski definition) is 1. The number of amides is 1. The molecule has 1 amide bonds. The first kappa shape index (κ1) is 8.19. The predicted octanol–water partition coefficient (Wildman–Crippen LogP) is -0.0809. The third-order valence-electron chi connectivity index (χ3n) is 2.07. The summed E-state index contributed by atoms with van der Waals surface area (Å²) in [6.07, 6.45) is 7.33. The zero-order chi connectivity index (χ0) is 9.26. The highest BCUT2D eigenvalue weighted by Crippen LogP contribution is 2.20. The van der Waals surface area contributed by atoms with Crippen molar-refractivity contribution in [1.29, 1.82) is 0 Å². The van der Waals surface area contributed by atoms with Gasteiger partial charge in [-0.05, 0) is 6.08 Å². The number of aliphatic hydroxyl groups excluding tert-OH is 1. The van der Waals surface area contributed by atoms with Crippen molar-refractivity contribution in [3.8, 4) is 0 Å². The average molecular weight is 178 g/mol. The first-order valence-electron chi connectivity index (χ1n) is 4.18. The molecule has 0 spiro atoms. The van der Waals surface area contributed by atoms with E-state index in [1.54, 1.807) is 0 Å². The third-order valence-corrected chi connectivity index (χ3v) is 2.07. The van der Waals surface area contributed by atoms with E-state index in [9.17, 15) is 4.79 Å². The molecule has 1 atom stereocenters. The van der Waals surface area contributed by atoms with Crippen LogP contribution in [0.2, 0.25) is 0 Å². The molecule has 1 aliphatic carbocycles. The summed E-state index contributed by atoms with van der Waals surface area (Å²) in [6.45, 7) is 0.225. The maximum atomic E-state index is 11.5. The van der Waals surface area contributed by atoms with Crippen LogP contribution in [0.5, 0.6) is 0 Å². The second-order valence-electron chi connectivity index (χ2n) is 2.93. The molecule has 68 valence electrons. The van der Waals surface area contributed by atoms with Crippen molar-refractivity contribution in [3.05, 3.63) is 24.3 Å². The number of allylic oxidation sites excluding steroid dienone is 3. The summed E-state index contributed by atoms with van der Waals surface area (Å²) >= 11 is 0. The summed E-state index contributed by atoms with van der Waals surface area (Å²) in [6, 6.07) is 0. The van der Waals surface area contributed by atoms with Gasteiger partial charge in [-0.15, -0.1) is 0 Å². The zero-order valence-corrected chi connectivity index (χ0v) is 7.05. The van der Waals surface area contributed by atoms with Gasteiger partial charge in [-0.1, -0.05) is 18.2 Å². The highest BCUT2D eigenvalue weighted by Gasteiger charge is 2.32. The quantitative estimate of drug-likeness (QED) is 0.643. The van der Waals surface area contributed by atoms with Crippen molar-refractivity contribution in [2.75, 3.05) is 13.2 Å². The molecule has 2 rings (SSSR count). The lowest BCUT2D eigenvalue weighted by molar-refractivity contribution is -0.131. The number of fused-ring (bicyclic) bond motifs is 1. The zero-order valence-electron chi connectivity index (χ0n) is 7.05. The lowest BCUT2D eigenvalue weighted by Gasteiger charge is -2.10. The molecule has 0 saturated heterocycles. The Labute approximate surface area is 75.8 Å². The van der Waals surface area contributed by atoms with Gasteiger partial charge in [-0.3, -0.25) is 4.79 Å². The lowest BCUT2D eigenvalue weighted by atomic mass is 9.99. The number of β-amino-alcohol motifs (C(OH)–C–C–N with tert-alkyl or cyclic N) is 1. The Morgan fingerprint density at radius 2 is 2.38 bits per heavy atom. The minimum atomic E-state index is -0.225. The number of rotatable bonds is 2. The van der Waals surface area contributed by atoms with Gasteiger partial charge >= 0.3 is 0 Å². The van der Waals surface area contributed by atoms with E-state index >= 15 is 0 Å². The van der Waals surface area contributed by atoms with E-state index in [0.29, 0.717) is 0 Å². The highest BCUT2D eigenvalue weighted by molar-refractivity contribution is 6.15. The molecule has 1 heterocycles. The predicted molar refractivity (Wildman–Crippen MR) is 48.0 cm³/mol. The number of nitrogens with zero attached hydrogens (tertiary/aromatic N) is 2. The molecule has 4 heteroatoms. The van der Waals surface area contributed by atoms with Crippen molar-refractivity contribution >= 4 is 11.6 Å². The SMILES string of the molecule is O=C1C2C=CC=CC2=NN1CCO. The summed E-state index contributed by atoms with van der Waals surface area (Å²) < 4.78 is 0. The van der Waals surface area contributed by atoms with E-state index < -0.39 is 0 Å². The number of aliphatic hydroxyl groups is 1. The van der Waals surface area contributed by atoms with Gasteiger partial charge in [0.25, 0.3) is 5.91 Å². The largest absolute Gasteiger partial charge is 0.394 e. The normalized spacial score (nSPS) is 25.0. The fourth-order valence-corrected chi connectivity index (χ4v) is 1.44. The average Bonchev–Trinajstić information content (AvgIpc) is 2.46. The van der Waals surface area contributed by atoms with Crippen LogP contribution in [0, 0.1) is 5.92 Å². The van der Waals surface area contributed by atoms with Crippen LogP contribution in [0.25, 0.3) is 0 Å². The minimum Gasteiger partial charge on any atom is -0.394 e. The molecule has 1 N–H and O–H groups in total. The summed E-state index contributed by atoms with van der Waals surface area (Å²) in [4.78, 5) is 11.5. The van der Waals surface area contributed by atoms with Crippen LogP contribution in [0.3, 0.4) is 0 Å². The smallest absolute Gasteiger partial charge is 0.255 e. The topological polar surface area (TPSA) is 52.9 Å². The summed E-state index contributed by atoms with van der Waals surface area (Å²) in [5.74, 6) is -0.277. The van der Waals surface area contributed by atoms with Gasteiger partial charge in [0.05, 0.1) is 18.9 Å². The molecule has 1 aliphatic heterocycles. The van der Waals surface area contributed by atoms with Crippen LogP contribution in [-0.2, 0) is 4.79 Å². The van der Waals surface area contributed by atoms with Gasteiger partial charge < -0.3 is 5.11 Å². The lowest BCUT2D eigenvalue weighted by Crippen LogP contribution is -2.28. The van der Waals surface area contributed by atoms with Crippen LogP contribution in [-0.4, -0.2) is 34.9 Å². The van der Waals surface area contributed by atoms with E-state index in [1.165, 1.54) is 5.01 Å². The second kappa shape index (κ2) is 3.14. The third kappa shape index (κ3) is 1.29. The number of carbonyl (C=O) groups is 1. The van der Waals surface area contributed by atoms with Gasteiger partial charge in [0.1, 0.15) is 5.92 Å². The fraction of sp³-hybridized carbons (Fsp3) is 0.333. The van der Waals surface area contributed by atoms with E-state index in [-0.39, 0.29) is 25.0 Å². The first-order chi connectivity index (χ1) is 6.33. The number of hydrogen-bond acceptors (Lipinski definition) is 3. The van der Waals surface area contributed by atoms with Crippen molar-refractivity contribution in [2.24, 2.45) is 11.0 Å². The Morgan fingerprint density at radius 3 is 3.08 bits per heavy atom. The Bertz CT molecular complexity index is 318. The molecular formula is C9H10N2O2. The van der Waals surface area contributed by atoms with Crippen LogP contribution in [0.15, 0.2) is 29.4 Å². The Morgan fingerprint density at radius 1 is 1.54 bits per heavy atom. The van der Waals surface area contributed by atoms with E-state index in [2.05, 4.69) is 5.10 Å². The molecule has 0 fully saturated rings. The molecule has 0 radical (unpaired) electrons. The Hall–Kier alpha value is -1.42. The Balaban J connectivity index is 2.21. The summed E-state index contributed by atoms with van der Waals surface area (Å²) in [7, 11) is 0. The molecule has 0 aromatic heterocycles. The van der Waals surface area contributed by atoms with Gasteiger partial charge in [-0.25, -0.2) is 5.01 Å². The maximum absolute atomic E-state index is 11.5. The van der Waals surface area contributed by atoms with Gasteiger partial charge in [0.2, 0.25) is 0 Å². The monoisotopic (exact) mass is 178 g/mol. The molecule has 0 aromatic carbocycles. The molecule has 0 saturated carbocycles. The molecule has 1 unspecified atom stereocenters. The van der Waals surface area contributed by atoms with Crippen molar-refractivity contribution < 1.29 is 9.90 Å². The summed E-state index contributed by atoms with van der Waals surface area (Å²) in [5, 5.41) is 14.1. The number of hydrazone groups is 1. The standard InChI is InChI=1S/C9H10N2O2/c12-6-5-11-9(13)7-3-1-2-4-8(7)10-11/h1-4,7,12H,5-6H2. The number of carbonyl (C=O) groups excluding carboxylic acids is 1. The second-order valence-corrected chi connectivity index (χ2v) is 2.93. The minimum absolute atomic E-state index is 0.0512. The first-order valence-corrected chi connectivity index (χ1v) is 4.18. The van der Waals surface area contributed by atoms with Crippen LogP contribution >= 0.6 is 0 Å². The molecule has 0 bridgehead atoms. The van der Waals surface area contributed by atoms with E-state index in [4.69, 9.17) is 5.11 Å². The Kier molecular flexibility index (Phi) is 1.98. The molecule has 0 aromatic rings. The van der Waals surface area contributed by atoms with Crippen molar-refractivity contribution in [1.82, 2.24) is 5.01 Å². The molecular weight excluding hydrogens is 168 g/mol. The fourth-order valence-electron chi connectivity index (χ4n) is 1.44. The van der Waals surface area contributed by atoms with Crippen LogP contribution in [0.4, 0.5) is 0 Å². The van der Waals surface area contributed by atoms with Gasteiger partial charge in [0.15, 0.2) is 0 Å². The van der Waals surface area contributed by atoms with Gasteiger partial charge in [-0.2, -0.15) is 5.10 Å². The maximum Gasteiger partial charge on any atom is 0.255 e. The van der Waals surface area contributed by atoms with Crippen molar-refractivity contribution in [2.45, 2.75) is 0 Å². The van der Waals surface area contributed by atoms with Crippen LogP contribution < -0.4 is 0 Å². The van der Waals surface area contributed by atoms with Gasteiger partial charge in [0, 0.05) is 0 Å².